The molecule has 0 atom stereocenters. The lowest BCUT2D eigenvalue weighted by Gasteiger charge is -2.09. The Bertz CT molecular complexity index is 2170. The fourth-order valence-electron chi connectivity index (χ4n) is 4.06. The molecular formula is C35H28F5N7O6. The second-order valence-electron chi connectivity index (χ2n) is 10.5. The summed E-state index contributed by atoms with van der Waals surface area (Å²) in [5.74, 6) is -6.35. The van der Waals surface area contributed by atoms with E-state index in [0.29, 0.717) is 17.1 Å². The number of nitrogens with two attached hydrogens (primary N) is 3. The minimum atomic E-state index is -4.99. The Kier molecular flexibility index (Phi) is 13.2. The van der Waals surface area contributed by atoms with Crippen molar-refractivity contribution in [3.8, 4) is 6.07 Å². The fraction of sp³-hybridized carbons (Fsp3) is 0.0571. The van der Waals surface area contributed by atoms with Crippen molar-refractivity contribution >= 4 is 57.8 Å². The van der Waals surface area contributed by atoms with Crippen molar-refractivity contribution < 1.29 is 50.7 Å². The van der Waals surface area contributed by atoms with Gasteiger partial charge in [-0.25, -0.2) is 13.6 Å². The maximum absolute atomic E-state index is 13.4. The number of nitrogens with zero attached hydrogens (tertiary/aromatic N) is 1. The van der Waals surface area contributed by atoms with Gasteiger partial charge in [-0.05, 0) is 91.3 Å². The Morgan fingerprint density at radius 3 is 1.94 bits per heavy atom. The highest BCUT2D eigenvalue weighted by atomic mass is 19.4. The molecule has 0 aliphatic heterocycles. The van der Waals surface area contributed by atoms with Crippen LogP contribution in [0.1, 0.15) is 42.4 Å². The van der Waals surface area contributed by atoms with Crippen LogP contribution in [0.15, 0.2) is 95.6 Å². The van der Waals surface area contributed by atoms with Crippen molar-refractivity contribution in [2.45, 2.75) is 13.1 Å². The number of furan rings is 1. The maximum atomic E-state index is 13.4. The number of nitriles is 1. The van der Waals surface area contributed by atoms with E-state index in [1.165, 1.54) is 48.7 Å². The largest absolute Gasteiger partial charge is 0.478 e. The third-order valence-corrected chi connectivity index (χ3v) is 6.65. The summed E-state index contributed by atoms with van der Waals surface area (Å²) in [6.07, 6.45) is -3.63. The SMILES string of the molecule is Cc1cc(NC(=O)c2c(F)cccc2F)ccc1N.N#Cc1cc(N)ccc1NC(=O)C(F)(F)F.Nc1ccc(NC(=O)c2ccco2)c(C(=O)O)c1. The third kappa shape index (κ3) is 11.3. The van der Waals surface area contributed by atoms with Crippen LogP contribution >= 0.6 is 0 Å². The molecule has 0 fully saturated rings. The number of rotatable bonds is 6. The van der Waals surface area contributed by atoms with Gasteiger partial charge in [-0.1, -0.05) is 6.07 Å². The summed E-state index contributed by atoms with van der Waals surface area (Å²) in [5.41, 5.74) is 17.9. The van der Waals surface area contributed by atoms with Gasteiger partial charge in [0.05, 0.1) is 28.8 Å². The molecule has 274 valence electrons. The van der Waals surface area contributed by atoms with Crippen molar-refractivity contribution in [1.29, 1.82) is 5.26 Å². The standard InChI is InChI=1S/C14H12F2N2O.C12H10N2O4.C9H6F3N3O/c1-8-7-9(5-6-12(8)17)18-14(19)13-10(15)3-2-4-11(13)16;13-7-3-4-9(8(6-7)12(16)17)14-11(15)10-2-1-5-18-10;10-9(11,12)8(16)15-7-2-1-6(14)3-5(7)4-13/h2-7H,17H2,1H3,(H,18,19);1-6H,13H2,(H,14,15)(H,16,17);1-3H,14H2,(H,15,16). The highest BCUT2D eigenvalue weighted by Crippen LogP contribution is 2.23. The van der Waals surface area contributed by atoms with Crippen LogP contribution in [0, 0.1) is 29.9 Å². The number of nitrogen functional groups attached to an aromatic ring is 3. The predicted molar refractivity (Wildman–Crippen MR) is 185 cm³/mol. The minimum absolute atomic E-state index is 0.0742. The van der Waals surface area contributed by atoms with E-state index in [2.05, 4.69) is 10.6 Å². The number of aromatic carboxylic acids is 1. The number of carbonyl (C=O) groups excluding carboxylic acids is 3. The van der Waals surface area contributed by atoms with Crippen LogP contribution in [0.4, 0.5) is 56.1 Å². The van der Waals surface area contributed by atoms with Crippen LogP contribution in [0.5, 0.6) is 0 Å². The Morgan fingerprint density at radius 2 is 1.40 bits per heavy atom. The molecule has 10 N–H and O–H groups in total. The quantitative estimate of drug-likeness (QED) is 0.0731. The number of carboxylic acid groups (broad SMARTS) is 1. The van der Waals surface area contributed by atoms with Gasteiger partial charge in [-0.3, -0.25) is 14.4 Å². The third-order valence-electron chi connectivity index (χ3n) is 6.65. The number of anilines is 6. The normalized spacial score (nSPS) is 10.3. The van der Waals surface area contributed by atoms with Crippen LogP contribution in [0.3, 0.4) is 0 Å². The van der Waals surface area contributed by atoms with Gasteiger partial charge in [0.25, 0.3) is 11.8 Å². The Labute approximate surface area is 296 Å². The van der Waals surface area contributed by atoms with Crippen LogP contribution in [-0.2, 0) is 4.79 Å². The van der Waals surface area contributed by atoms with Crippen molar-refractivity contribution in [3.05, 3.63) is 131 Å². The van der Waals surface area contributed by atoms with Gasteiger partial charge in [0.2, 0.25) is 0 Å². The molecule has 13 nitrogen and oxygen atoms in total. The fourth-order valence-corrected chi connectivity index (χ4v) is 4.06. The Balaban J connectivity index is 0.000000215. The van der Waals surface area contributed by atoms with E-state index in [0.717, 1.165) is 23.8 Å². The number of amides is 3. The van der Waals surface area contributed by atoms with E-state index in [1.54, 1.807) is 42.6 Å². The lowest BCUT2D eigenvalue weighted by molar-refractivity contribution is -0.167. The number of aryl methyl sites for hydroxylation is 1. The summed E-state index contributed by atoms with van der Waals surface area (Å²) in [4.78, 5) is 45.2. The zero-order valence-corrected chi connectivity index (χ0v) is 27.2. The van der Waals surface area contributed by atoms with Gasteiger partial charge >= 0.3 is 18.1 Å². The van der Waals surface area contributed by atoms with E-state index in [-0.39, 0.29) is 33.9 Å². The number of alkyl halides is 3. The molecule has 4 aromatic carbocycles. The number of carboxylic acids is 1. The first-order chi connectivity index (χ1) is 24.9. The number of benzene rings is 4. The summed E-state index contributed by atoms with van der Waals surface area (Å²) in [6.45, 7) is 1.77. The van der Waals surface area contributed by atoms with E-state index in [4.69, 9.17) is 32.0 Å². The molecule has 0 aliphatic carbocycles. The average molecular weight is 738 g/mol. The summed E-state index contributed by atoms with van der Waals surface area (Å²) < 4.78 is 67.6. The van der Waals surface area contributed by atoms with Crippen molar-refractivity contribution in [2.24, 2.45) is 0 Å². The van der Waals surface area contributed by atoms with Crippen LogP contribution in [-0.4, -0.2) is 35.0 Å². The summed E-state index contributed by atoms with van der Waals surface area (Å²) in [6, 6.07) is 20.6. The molecule has 53 heavy (non-hydrogen) atoms. The molecule has 5 rings (SSSR count). The summed E-state index contributed by atoms with van der Waals surface area (Å²) in [5, 5.41) is 24.1. The number of carbonyl (C=O) groups is 4. The summed E-state index contributed by atoms with van der Waals surface area (Å²) >= 11 is 0. The zero-order valence-electron chi connectivity index (χ0n) is 27.2. The highest BCUT2D eigenvalue weighted by Gasteiger charge is 2.39. The first kappa shape index (κ1) is 40.0. The molecule has 0 saturated carbocycles. The highest BCUT2D eigenvalue weighted by molar-refractivity contribution is 6.07. The molecular weight excluding hydrogens is 709 g/mol. The maximum Gasteiger partial charge on any atom is 0.471 e. The molecule has 0 saturated heterocycles. The van der Waals surface area contributed by atoms with E-state index in [9.17, 15) is 41.1 Å². The van der Waals surface area contributed by atoms with Gasteiger partial charge in [0.15, 0.2) is 5.76 Å². The predicted octanol–water partition coefficient (Wildman–Crippen LogP) is 6.56. The molecule has 18 heteroatoms. The van der Waals surface area contributed by atoms with Crippen LogP contribution in [0.25, 0.3) is 0 Å². The number of nitrogens with one attached hydrogen (secondary N) is 3. The van der Waals surface area contributed by atoms with Crippen molar-refractivity contribution in [1.82, 2.24) is 0 Å². The van der Waals surface area contributed by atoms with E-state index in [1.807, 2.05) is 0 Å². The summed E-state index contributed by atoms with van der Waals surface area (Å²) in [7, 11) is 0. The van der Waals surface area contributed by atoms with Crippen LogP contribution < -0.4 is 33.2 Å². The number of hydrogen-bond acceptors (Lipinski definition) is 9. The van der Waals surface area contributed by atoms with Gasteiger partial charge in [-0.15, -0.1) is 0 Å². The average Bonchev–Trinajstić information content (AvgIpc) is 3.64. The van der Waals surface area contributed by atoms with Gasteiger partial charge < -0.3 is 42.7 Å². The van der Waals surface area contributed by atoms with E-state index < -0.39 is 47.1 Å². The Morgan fingerprint density at radius 1 is 0.774 bits per heavy atom. The molecule has 0 aliphatic rings. The Hall–Kier alpha value is -7.42. The zero-order chi connectivity index (χ0) is 39.5. The molecule has 0 spiro atoms. The lowest BCUT2D eigenvalue weighted by Crippen LogP contribution is -2.30. The van der Waals surface area contributed by atoms with Gasteiger partial charge in [0, 0.05) is 22.7 Å². The molecule has 1 heterocycles. The second kappa shape index (κ2) is 17.5. The monoisotopic (exact) mass is 737 g/mol. The molecule has 0 bridgehead atoms. The molecule has 0 radical (unpaired) electrons. The van der Waals surface area contributed by atoms with Crippen LogP contribution in [0.2, 0.25) is 0 Å². The topological polar surface area (TPSA) is 240 Å². The van der Waals surface area contributed by atoms with Gasteiger partial charge in [-0.2, -0.15) is 18.4 Å². The number of hydrogen-bond donors (Lipinski definition) is 7. The number of halogens is 5. The first-order valence-corrected chi connectivity index (χ1v) is 14.7. The van der Waals surface area contributed by atoms with E-state index >= 15 is 0 Å². The molecule has 0 unspecified atom stereocenters. The molecule has 3 amide bonds. The van der Waals surface area contributed by atoms with Gasteiger partial charge in [0.1, 0.15) is 23.3 Å². The first-order valence-electron chi connectivity index (χ1n) is 14.7. The molecule has 1 aromatic heterocycles. The van der Waals surface area contributed by atoms with Crippen molar-refractivity contribution in [2.75, 3.05) is 33.2 Å². The smallest absolute Gasteiger partial charge is 0.471 e. The van der Waals surface area contributed by atoms with Crippen molar-refractivity contribution in [3.63, 3.8) is 0 Å². The lowest BCUT2D eigenvalue weighted by atomic mass is 10.1. The molecule has 5 aromatic rings. The second-order valence-corrected chi connectivity index (χ2v) is 10.5. The minimum Gasteiger partial charge on any atom is -0.478 e.